The van der Waals surface area contributed by atoms with Gasteiger partial charge in [-0.3, -0.25) is 0 Å². The quantitative estimate of drug-likeness (QED) is 0.888. The molecular formula is C12H13FN2OS. The van der Waals surface area contributed by atoms with E-state index in [0.717, 1.165) is 16.3 Å². The van der Waals surface area contributed by atoms with E-state index in [4.69, 9.17) is 10.5 Å². The summed E-state index contributed by atoms with van der Waals surface area (Å²) in [6.45, 7) is 1.03. The zero-order valence-electron chi connectivity index (χ0n) is 9.23. The number of rotatable bonds is 5. The smallest absolute Gasteiger partial charge is 0.140 e. The van der Waals surface area contributed by atoms with Gasteiger partial charge in [0, 0.05) is 11.1 Å². The molecule has 0 unspecified atom stereocenters. The summed E-state index contributed by atoms with van der Waals surface area (Å²) >= 11 is 1.59. The Labute approximate surface area is 103 Å². The number of thiazole rings is 1. The van der Waals surface area contributed by atoms with Crippen LogP contribution >= 0.6 is 11.3 Å². The summed E-state index contributed by atoms with van der Waals surface area (Å²) < 4.78 is 18.1. The van der Waals surface area contributed by atoms with E-state index in [2.05, 4.69) is 4.98 Å². The first-order chi connectivity index (χ1) is 8.28. The molecule has 0 aliphatic carbocycles. The monoisotopic (exact) mass is 252 g/mol. The molecule has 0 aliphatic rings. The molecule has 0 saturated heterocycles. The summed E-state index contributed by atoms with van der Waals surface area (Å²) in [6, 6.07) is 5.95. The van der Waals surface area contributed by atoms with Crippen molar-refractivity contribution in [2.45, 2.75) is 13.0 Å². The van der Waals surface area contributed by atoms with Crippen molar-refractivity contribution in [3.63, 3.8) is 0 Å². The minimum Gasteiger partial charge on any atom is -0.486 e. The molecule has 2 rings (SSSR count). The van der Waals surface area contributed by atoms with Gasteiger partial charge in [0.1, 0.15) is 23.2 Å². The largest absolute Gasteiger partial charge is 0.486 e. The number of nitrogens with zero attached hydrogens (tertiary/aromatic N) is 1. The molecule has 0 atom stereocenters. The number of hydrogen-bond acceptors (Lipinski definition) is 4. The van der Waals surface area contributed by atoms with Crippen LogP contribution in [0.25, 0.3) is 0 Å². The van der Waals surface area contributed by atoms with E-state index >= 15 is 0 Å². The highest BCUT2D eigenvalue weighted by Gasteiger charge is 2.02. The van der Waals surface area contributed by atoms with Crippen molar-refractivity contribution in [2.75, 3.05) is 6.54 Å². The van der Waals surface area contributed by atoms with Crippen molar-refractivity contribution in [1.29, 1.82) is 0 Å². The highest BCUT2D eigenvalue weighted by molar-refractivity contribution is 7.11. The lowest BCUT2D eigenvalue weighted by Gasteiger charge is -2.02. The second-order valence-electron chi connectivity index (χ2n) is 3.50. The number of halogens is 1. The maximum atomic E-state index is 12.7. The van der Waals surface area contributed by atoms with Gasteiger partial charge in [-0.15, -0.1) is 11.3 Å². The molecule has 0 bridgehead atoms. The van der Waals surface area contributed by atoms with E-state index in [0.29, 0.717) is 18.9 Å². The minimum absolute atomic E-state index is 0.267. The van der Waals surface area contributed by atoms with Crippen LogP contribution in [0, 0.1) is 5.82 Å². The minimum atomic E-state index is -0.267. The summed E-state index contributed by atoms with van der Waals surface area (Å²) in [4.78, 5) is 5.39. The molecular weight excluding hydrogens is 239 g/mol. The van der Waals surface area contributed by atoms with Crippen LogP contribution in [0.1, 0.15) is 9.88 Å². The molecule has 1 heterocycles. The van der Waals surface area contributed by atoms with E-state index in [9.17, 15) is 4.39 Å². The van der Waals surface area contributed by atoms with Crippen molar-refractivity contribution in [3.05, 3.63) is 46.2 Å². The first-order valence-corrected chi connectivity index (χ1v) is 6.11. The topological polar surface area (TPSA) is 48.1 Å². The summed E-state index contributed by atoms with van der Waals surface area (Å²) in [6.07, 6.45) is 2.66. The van der Waals surface area contributed by atoms with E-state index in [1.54, 1.807) is 23.5 Å². The molecule has 0 amide bonds. The summed E-state index contributed by atoms with van der Waals surface area (Å²) in [5, 5.41) is 0.901. The van der Waals surface area contributed by atoms with Crippen LogP contribution in [0.15, 0.2) is 30.5 Å². The lowest BCUT2D eigenvalue weighted by molar-refractivity contribution is 0.305. The van der Waals surface area contributed by atoms with Gasteiger partial charge in [0.05, 0.1) is 0 Å². The van der Waals surface area contributed by atoms with Crippen LogP contribution in [-0.4, -0.2) is 11.5 Å². The van der Waals surface area contributed by atoms with Gasteiger partial charge < -0.3 is 10.5 Å². The number of ether oxygens (including phenoxy) is 1. The molecule has 0 aliphatic heterocycles. The Morgan fingerprint density at radius 2 is 2.06 bits per heavy atom. The van der Waals surface area contributed by atoms with Crippen LogP contribution < -0.4 is 10.5 Å². The van der Waals surface area contributed by atoms with Gasteiger partial charge >= 0.3 is 0 Å². The van der Waals surface area contributed by atoms with Crippen LogP contribution in [0.3, 0.4) is 0 Å². The third kappa shape index (κ3) is 3.51. The van der Waals surface area contributed by atoms with Crippen LogP contribution in [0.4, 0.5) is 4.39 Å². The first-order valence-electron chi connectivity index (χ1n) is 5.30. The molecule has 5 heteroatoms. The number of aromatic nitrogens is 1. The molecule has 1 aromatic carbocycles. The Hall–Kier alpha value is -1.46. The predicted molar refractivity (Wildman–Crippen MR) is 65.6 cm³/mol. The molecule has 2 N–H and O–H groups in total. The van der Waals surface area contributed by atoms with E-state index in [-0.39, 0.29) is 5.82 Å². The zero-order valence-corrected chi connectivity index (χ0v) is 10.0. The van der Waals surface area contributed by atoms with Crippen LogP contribution in [0.5, 0.6) is 5.75 Å². The fourth-order valence-electron chi connectivity index (χ4n) is 1.35. The Kier molecular flexibility index (Phi) is 4.06. The Morgan fingerprint density at radius 1 is 1.29 bits per heavy atom. The molecule has 0 spiro atoms. The van der Waals surface area contributed by atoms with Crippen molar-refractivity contribution >= 4 is 11.3 Å². The molecule has 3 nitrogen and oxygen atoms in total. The predicted octanol–water partition coefficient (Wildman–Crippen LogP) is 2.36. The molecule has 0 fully saturated rings. The van der Waals surface area contributed by atoms with Gasteiger partial charge in [0.15, 0.2) is 0 Å². The summed E-state index contributed by atoms with van der Waals surface area (Å²) in [5.74, 6) is 0.374. The lowest BCUT2D eigenvalue weighted by Crippen LogP contribution is -2.00. The van der Waals surface area contributed by atoms with E-state index in [1.807, 2.05) is 6.20 Å². The second-order valence-corrected chi connectivity index (χ2v) is 4.70. The lowest BCUT2D eigenvalue weighted by atomic mass is 10.3. The molecule has 0 radical (unpaired) electrons. The van der Waals surface area contributed by atoms with Gasteiger partial charge in [-0.1, -0.05) is 0 Å². The first kappa shape index (κ1) is 12.0. The van der Waals surface area contributed by atoms with Crippen molar-refractivity contribution < 1.29 is 9.13 Å². The standard InChI is InChI=1S/C12H13FN2OS/c13-9-1-3-10(4-2-9)16-8-12-15-7-11(17-12)5-6-14/h1-4,7H,5-6,8,14H2. The average molecular weight is 252 g/mol. The van der Waals surface area contributed by atoms with E-state index in [1.165, 1.54) is 12.1 Å². The highest BCUT2D eigenvalue weighted by atomic mass is 32.1. The SMILES string of the molecule is NCCc1cnc(COc2ccc(F)cc2)s1. The maximum Gasteiger partial charge on any atom is 0.140 e. The highest BCUT2D eigenvalue weighted by Crippen LogP contribution is 2.17. The third-order valence-electron chi connectivity index (χ3n) is 2.17. The molecule has 1 aromatic heterocycles. The van der Waals surface area contributed by atoms with Crippen molar-refractivity contribution in [2.24, 2.45) is 5.73 Å². The van der Waals surface area contributed by atoms with Gasteiger partial charge in [-0.25, -0.2) is 9.37 Å². The Balaban J connectivity index is 1.90. The number of benzene rings is 1. The Morgan fingerprint density at radius 3 is 2.76 bits per heavy atom. The molecule has 0 saturated carbocycles. The average Bonchev–Trinajstić information content (AvgIpc) is 2.77. The van der Waals surface area contributed by atoms with Crippen LogP contribution in [-0.2, 0) is 13.0 Å². The van der Waals surface area contributed by atoms with Gasteiger partial charge in [-0.05, 0) is 37.2 Å². The summed E-state index contributed by atoms with van der Waals surface area (Å²) in [5.41, 5.74) is 5.46. The second kappa shape index (κ2) is 5.75. The Bertz CT molecular complexity index is 470. The van der Waals surface area contributed by atoms with Crippen molar-refractivity contribution in [1.82, 2.24) is 4.98 Å². The van der Waals surface area contributed by atoms with Gasteiger partial charge in [0.25, 0.3) is 0 Å². The summed E-state index contributed by atoms with van der Waals surface area (Å²) in [7, 11) is 0. The van der Waals surface area contributed by atoms with Gasteiger partial charge in [-0.2, -0.15) is 0 Å². The molecule has 90 valence electrons. The van der Waals surface area contributed by atoms with Crippen molar-refractivity contribution in [3.8, 4) is 5.75 Å². The molecule has 17 heavy (non-hydrogen) atoms. The van der Waals surface area contributed by atoms with Crippen LogP contribution in [0.2, 0.25) is 0 Å². The number of hydrogen-bond donors (Lipinski definition) is 1. The zero-order chi connectivity index (χ0) is 12.1. The third-order valence-corrected chi connectivity index (χ3v) is 3.20. The normalized spacial score (nSPS) is 10.5. The fourth-order valence-corrected chi connectivity index (χ4v) is 2.20. The number of nitrogens with two attached hydrogens (primary N) is 1. The fraction of sp³-hybridized carbons (Fsp3) is 0.250. The molecule has 2 aromatic rings. The van der Waals surface area contributed by atoms with E-state index < -0.39 is 0 Å². The maximum absolute atomic E-state index is 12.7. The van der Waals surface area contributed by atoms with Gasteiger partial charge in [0.2, 0.25) is 0 Å².